The third-order valence-electron chi connectivity index (χ3n) is 4.65. The smallest absolute Gasteiger partial charge is 0.0892 e. The van der Waals surface area contributed by atoms with E-state index in [0.29, 0.717) is 6.10 Å². The Kier molecular flexibility index (Phi) is 8.86. The summed E-state index contributed by atoms with van der Waals surface area (Å²) < 4.78 is 5.63. The van der Waals surface area contributed by atoms with Gasteiger partial charge in [0.2, 0.25) is 0 Å². The van der Waals surface area contributed by atoms with Gasteiger partial charge >= 0.3 is 0 Å². The molecule has 132 valence electrons. The fraction of sp³-hybridized carbons (Fsp3) is 0.714. The van der Waals surface area contributed by atoms with E-state index < -0.39 is 0 Å². The van der Waals surface area contributed by atoms with Gasteiger partial charge in [0, 0.05) is 6.61 Å². The lowest BCUT2D eigenvalue weighted by Gasteiger charge is -2.02. The number of aliphatic hydroxyl groups is 1. The van der Waals surface area contributed by atoms with Gasteiger partial charge in [0.1, 0.15) is 0 Å². The lowest BCUT2D eigenvalue weighted by Crippen LogP contribution is -2.02. The van der Waals surface area contributed by atoms with Crippen LogP contribution in [0, 0.1) is 0 Å². The molecule has 2 heteroatoms. The number of hydrogen-bond acceptors (Lipinski definition) is 2. The second kappa shape index (κ2) is 10.1. The highest BCUT2D eigenvalue weighted by Gasteiger charge is 2.46. The van der Waals surface area contributed by atoms with Crippen molar-refractivity contribution in [1.82, 2.24) is 0 Å². The molecule has 1 fully saturated rings. The second-order valence-electron chi connectivity index (χ2n) is 7.49. The second-order valence-corrected chi connectivity index (χ2v) is 7.49. The van der Waals surface area contributed by atoms with Crippen molar-refractivity contribution in [2.75, 3.05) is 6.61 Å². The van der Waals surface area contributed by atoms with Gasteiger partial charge in [-0.05, 0) is 79.6 Å². The first kappa shape index (κ1) is 20.2. The minimum absolute atomic E-state index is 0.129. The summed E-state index contributed by atoms with van der Waals surface area (Å²) in [5.41, 5.74) is 4.39. The van der Waals surface area contributed by atoms with Crippen molar-refractivity contribution in [3.63, 3.8) is 0 Å². The van der Waals surface area contributed by atoms with Gasteiger partial charge in [-0.1, -0.05) is 34.9 Å². The Hall–Kier alpha value is -0.860. The zero-order valence-electron chi connectivity index (χ0n) is 15.8. The molecule has 1 N–H and O–H groups in total. The molecule has 0 bridgehead atoms. The number of allylic oxidation sites excluding steroid dienone is 5. The van der Waals surface area contributed by atoms with Crippen LogP contribution in [0.15, 0.2) is 34.9 Å². The minimum Gasteiger partial charge on any atom is -0.396 e. The Morgan fingerprint density at radius 3 is 1.87 bits per heavy atom. The SMILES string of the molecule is C/C(=C\CC/C=C(\C)CC/C=C(\C)CCC1OC1(C)C)CCO. The van der Waals surface area contributed by atoms with Crippen molar-refractivity contribution in [2.24, 2.45) is 0 Å². The highest BCUT2D eigenvalue weighted by Crippen LogP contribution is 2.38. The Morgan fingerprint density at radius 1 is 0.870 bits per heavy atom. The van der Waals surface area contributed by atoms with Gasteiger partial charge in [-0.3, -0.25) is 0 Å². The van der Waals surface area contributed by atoms with Crippen LogP contribution in [0.25, 0.3) is 0 Å². The van der Waals surface area contributed by atoms with Crippen molar-refractivity contribution < 1.29 is 9.84 Å². The van der Waals surface area contributed by atoms with Crippen molar-refractivity contribution in [3.05, 3.63) is 34.9 Å². The zero-order valence-corrected chi connectivity index (χ0v) is 15.8. The Morgan fingerprint density at radius 2 is 1.35 bits per heavy atom. The summed E-state index contributed by atoms with van der Waals surface area (Å²) in [6.07, 6.45) is 15.0. The van der Waals surface area contributed by atoms with E-state index in [1.807, 2.05) is 0 Å². The van der Waals surface area contributed by atoms with Crippen LogP contribution in [0.1, 0.15) is 79.6 Å². The molecule has 1 atom stereocenters. The predicted molar refractivity (Wildman–Crippen MR) is 99.6 cm³/mol. The fourth-order valence-corrected chi connectivity index (χ4v) is 2.79. The predicted octanol–water partition coefficient (Wildman–Crippen LogP) is 5.73. The van der Waals surface area contributed by atoms with E-state index in [9.17, 15) is 0 Å². The van der Waals surface area contributed by atoms with Gasteiger partial charge in [-0.2, -0.15) is 0 Å². The number of hydrogen-bond donors (Lipinski definition) is 1. The van der Waals surface area contributed by atoms with Crippen LogP contribution < -0.4 is 0 Å². The summed E-state index contributed by atoms with van der Waals surface area (Å²) in [6, 6.07) is 0. The molecule has 1 rings (SSSR count). The average molecular weight is 321 g/mol. The van der Waals surface area contributed by atoms with Crippen molar-refractivity contribution in [1.29, 1.82) is 0 Å². The summed E-state index contributed by atoms with van der Waals surface area (Å²) in [6.45, 7) is 11.2. The molecule has 23 heavy (non-hydrogen) atoms. The van der Waals surface area contributed by atoms with Gasteiger partial charge in [-0.15, -0.1) is 0 Å². The molecule has 1 heterocycles. The lowest BCUT2D eigenvalue weighted by molar-refractivity contribution is 0.299. The number of rotatable bonds is 11. The van der Waals surface area contributed by atoms with Crippen molar-refractivity contribution in [3.8, 4) is 0 Å². The highest BCUT2D eigenvalue weighted by molar-refractivity contribution is 5.06. The van der Waals surface area contributed by atoms with Gasteiger partial charge in [0.25, 0.3) is 0 Å². The molecule has 0 radical (unpaired) electrons. The third-order valence-corrected chi connectivity index (χ3v) is 4.65. The topological polar surface area (TPSA) is 32.8 Å². The Bertz CT molecular complexity index is 441. The summed E-state index contributed by atoms with van der Waals surface area (Å²) in [5.74, 6) is 0. The highest BCUT2D eigenvalue weighted by atomic mass is 16.6. The molecule has 2 nitrogen and oxygen atoms in total. The van der Waals surface area contributed by atoms with Crippen LogP contribution >= 0.6 is 0 Å². The van der Waals surface area contributed by atoms with Crippen LogP contribution in [0.4, 0.5) is 0 Å². The normalized spacial score (nSPS) is 21.7. The molecule has 1 aliphatic heterocycles. The number of ether oxygens (including phenoxy) is 1. The first-order valence-corrected chi connectivity index (χ1v) is 9.10. The Balaban J connectivity index is 2.14. The van der Waals surface area contributed by atoms with E-state index in [0.717, 1.165) is 44.9 Å². The summed E-state index contributed by atoms with van der Waals surface area (Å²) in [7, 11) is 0. The van der Waals surface area contributed by atoms with Crippen LogP contribution in [0.2, 0.25) is 0 Å². The minimum atomic E-state index is 0.129. The molecule has 0 aromatic carbocycles. The Labute approximate surface area is 143 Å². The van der Waals surface area contributed by atoms with E-state index in [1.54, 1.807) is 0 Å². The number of aliphatic hydroxyl groups excluding tert-OH is 1. The molecule has 0 aromatic rings. The molecular formula is C21H36O2. The molecule has 1 aliphatic rings. The lowest BCUT2D eigenvalue weighted by atomic mass is 10.0. The largest absolute Gasteiger partial charge is 0.396 e. The van der Waals surface area contributed by atoms with Gasteiger partial charge in [0.15, 0.2) is 0 Å². The van der Waals surface area contributed by atoms with Crippen molar-refractivity contribution >= 4 is 0 Å². The van der Waals surface area contributed by atoms with E-state index in [4.69, 9.17) is 9.84 Å². The maximum Gasteiger partial charge on any atom is 0.0892 e. The monoisotopic (exact) mass is 320 g/mol. The van der Waals surface area contributed by atoms with Crippen LogP contribution in [0.5, 0.6) is 0 Å². The average Bonchev–Trinajstić information content (AvgIpc) is 3.09. The summed E-state index contributed by atoms with van der Waals surface area (Å²) >= 11 is 0. The van der Waals surface area contributed by atoms with Gasteiger partial charge in [0.05, 0.1) is 11.7 Å². The number of unbranched alkanes of at least 4 members (excludes halogenated alkanes) is 1. The molecule has 1 unspecified atom stereocenters. The molecule has 0 aliphatic carbocycles. The molecule has 0 aromatic heterocycles. The first-order chi connectivity index (χ1) is 10.8. The first-order valence-electron chi connectivity index (χ1n) is 9.10. The molecule has 0 amide bonds. The summed E-state index contributed by atoms with van der Waals surface area (Å²) in [5, 5.41) is 8.86. The third kappa shape index (κ3) is 9.12. The quantitative estimate of drug-likeness (QED) is 0.300. The molecule has 0 spiro atoms. The number of epoxide rings is 1. The fourth-order valence-electron chi connectivity index (χ4n) is 2.79. The van der Waals surface area contributed by atoms with Crippen molar-refractivity contribution in [2.45, 2.75) is 91.3 Å². The van der Waals surface area contributed by atoms with E-state index in [-0.39, 0.29) is 12.2 Å². The molecule has 1 saturated heterocycles. The van der Waals surface area contributed by atoms with Gasteiger partial charge in [-0.25, -0.2) is 0 Å². The van der Waals surface area contributed by atoms with Crippen LogP contribution in [-0.4, -0.2) is 23.4 Å². The van der Waals surface area contributed by atoms with Crippen LogP contribution in [-0.2, 0) is 4.74 Å². The van der Waals surface area contributed by atoms with E-state index in [1.165, 1.54) is 16.7 Å². The summed E-state index contributed by atoms with van der Waals surface area (Å²) in [4.78, 5) is 0. The molecule has 0 saturated carbocycles. The zero-order chi connectivity index (χ0) is 17.3. The van der Waals surface area contributed by atoms with E-state index in [2.05, 4.69) is 52.8 Å². The maximum atomic E-state index is 8.86. The van der Waals surface area contributed by atoms with Gasteiger partial charge < -0.3 is 9.84 Å². The van der Waals surface area contributed by atoms with Crippen LogP contribution in [0.3, 0.4) is 0 Å². The molecular weight excluding hydrogens is 284 g/mol. The maximum absolute atomic E-state index is 8.86. The standard InChI is InChI=1S/C21H36O2/c1-17(9-6-7-10-19(3)15-16-22)11-8-12-18(2)13-14-20-21(4,5)23-20/h9-10,12,20,22H,6-8,11,13-16H2,1-5H3/b17-9+,18-12+,19-10+. The van der Waals surface area contributed by atoms with E-state index >= 15 is 0 Å².